The molecule has 424 valence electrons. The molecule has 0 bridgehead atoms. The molecule has 10 heteroatoms. The third kappa shape index (κ3) is 59.0. The zero-order valence-electron chi connectivity index (χ0n) is 47.2. The van der Waals surface area contributed by atoms with Crippen LogP contribution in [0.3, 0.4) is 0 Å². The van der Waals surface area contributed by atoms with Crippen molar-refractivity contribution in [1.29, 1.82) is 0 Å². The average Bonchev–Trinajstić information content (AvgIpc) is 3.40. The molecule has 0 saturated carbocycles. The molecule has 0 aromatic rings. The van der Waals surface area contributed by atoms with Crippen LogP contribution in [-0.4, -0.2) is 49.3 Å². The SMILES string of the molecule is CC/C=C\C/C=C\C/C=C\C/C=C\C/C=C\C/C=C\C/C=C\C/C=C\C/C=C\C/C=C\C/C=C\C/C=C\CCCCCCC(=O)OC(COC(=O)CCCCCCCCCCCCCCC)COP(=O)(O)OCCN. The van der Waals surface area contributed by atoms with Crippen LogP contribution in [0.5, 0.6) is 0 Å². The molecule has 0 amide bonds. The molecule has 9 nitrogen and oxygen atoms in total. The van der Waals surface area contributed by atoms with Gasteiger partial charge in [0.1, 0.15) is 6.61 Å². The predicted octanol–water partition coefficient (Wildman–Crippen LogP) is 18.7. The Morgan fingerprint density at radius 2 is 0.733 bits per heavy atom. The molecule has 2 atom stereocenters. The Kier molecular flexibility index (Phi) is 55.9. The van der Waals surface area contributed by atoms with Gasteiger partial charge in [-0.2, -0.15) is 0 Å². The molecule has 3 N–H and O–H groups in total. The highest BCUT2D eigenvalue weighted by Crippen LogP contribution is 2.43. The second-order valence-electron chi connectivity index (χ2n) is 18.8. The Morgan fingerprint density at radius 1 is 0.413 bits per heavy atom. The van der Waals surface area contributed by atoms with E-state index in [2.05, 4.69) is 160 Å². The molecule has 0 saturated heterocycles. The molecule has 0 aromatic heterocycles. The minimum absolute atomic E-state index is 0.0428. The van der Waals surface area contributed by atoms with Gasteiger partial charge >= 0.3 is 19.8 Å². The number of carbonyl (C=O) groups is 2. The molecule has 0 radical (unpaired) electrons. The van der Waals surface area contributed by atoms with Gasteiger partial charge in [0.2, 0.25) is 0 Å². The van der Waals surface area contributed by atoms with Crippen molar-refractivity contribution < 1.29 is 37.6 Å². The van der Waals surface area contributed by atoms with E-state index in [1.54, 1.807) is 0 Å². The van der Waals surface area contributed by atoms with Gasteiger partial charge in [0.15, 0.2) is 6.10 Å². The number of phosphoric acid groups is 1. The topological polar surface area (TPSA) is 134 Å². The molecular weight excluding hydrogens is 954 g/mol. The summed E-state index contributed by atoms with van der Waals surface area (Å²) in [7, 11) is -4.40. The summed E-state index contributed by atoms with van der Waals surface area (Å²) in [4.78, 5) is 35.1. The largest absolute Gasteiger partial charge is 0.472 e. The van der Waals surface area contributed by atoms with Crippen molar-refractivity contribution in [3.05, 3.63) is 146 Å². The van der Waals surface area contributed by atoms with Gasteiger partial charge in [0, 0.05) is 19.4 Å². The van der Waals surface area contributed by atoms with E-state index in [0.29, 0.717) is 6.42 Å². The first-order valence-electron chi connectivity index (χ1n) is 29.3. The number of rotatable bonds is 53. The molecule has 0 rings (SSSR count). The lowest BCUT2D eigenvalue weighted by atomic mass is 10.0. The number of phosphoric ester groups is 1. The van der Waals surface area contributed by atoms with Gasteiger partial charge in [-0.15, -0.1) is 0 Å². The lowest BCUT2D eigenvalue weighted by Gasteiger charge is -2.19. The number of allylic oxidation sites excluding steroid dienone is 24. The van der Waals surface area contributed by atoms with Crippen molar-refractivity contribution in [1.82, 2.24) is 0 Å². The predicted molar refractivity (Wildman–Crippen MR) is 320 cm³/mol. The van der Waals surface area contributed by atoms with E-state index in [1.807, 2.05) is 0 Å². The Hall–Kier alpha value is -4.11. The average molecular weight is 1060 g/mol. The van der Waals surface area contributed by atoms with E-state index in [4.69, 9.17) is 24.3 Å². The van der Waals surface area contributed by atoms with Gasteiger partial charge in [-0.25, -0.2) is 4.57 Å². The summed E-state index contributed by atoms with van der Waals surface area (Å²) >= 11 is 0. The van der Waals surface area contributed by atoms with Gasteiger partial charge in [-0.1, -0.05) is 250 Å². The summed E-state index contributed by atoms with van der Waals surface area (Å²) in [6, 6.07) is 0. The fourth-order valence-electron chi connectivity index (χ4n) is 7.44. The number of ether oxygens (including phenoxy) is 2. The molecule has 0 aliphatic rings. The van der Waals surface area contributed by atoms with Crippen molar-refractivity contribution in [2.45, 2.75) is 225 Å². The Morgan fingerprint density at radius 3 is 1.09 bits per heavy atom. The van der Waals surface area contributed by atoms with Gasteiger partial charge in [-0.3, -0.25) is 18.6 Å². The van der Waals surface area contributed by atoms with Crippen LogP contribution in [0.4, 0.5) is 0 Å². The van der Waals surface area contributed by atoms with E-state index in [1.165, 1.54) is 64.2 Å². The summed E-state index contributed by atoms with van der Waals surface area (Å²) in [5.74, 6) is -0.864. The lowest BCUT2D eigenvalue weighted by Crippen LogP contribution is -2.29. The number of nitrogens with two attached hydrogens (primary N) is 1. The molecular formula is C65H106NO8P. The van der Waals surface area contributed by atoms with Crippen LogP contribution in [0, 0.1) is 0 Å². The molecule has 2 unspecified atom stereocenters. The second-order valence-corrected chi connectivity index (χ2v) is 20.2. The van der Waals surface area contributed by atoms with Gasteiger partial charge in [0.25, 0.3) is 0 Å². The Labute approximate surface area is 458 Å². The monoisotopic (exact) mass is 1060 g/mol. The van der Waals surface area contributed by atoms with E-state index in [9.17, 15) is 19.0 Å². The number of esters is 2. The molecule has 0 aliphatic carbocycles. The molecule has 0 aliphatic heterocycles. The van der Waals surface area contributed by atoms with Crippen LogP contribution in [-0.2, 0) is 32.7 Å². The molecule has 75 heavy (non-hydrogen) atoms. The third-order valence-corrected chi connectivity index (χ3v) is 12.7. The van der Waals surface area contributed by atoms with Crippen LogP contribution >= 0.6 is 7.82 Å². The van der Waals surface area contributed by atoms with Gasteiger partial charge < -0.3 is 20.1 Å². The first kappa shape index (κ1) is 70.9. The zero-order valence-corrected chi connectivity index (χ0v) is 48.1. The number of carbonyl (C=O) groups excluding carboxylic acids is 2. The van der Waals surface area contributed by atoms with E-state index >= 15 is 0 Å². The minimum Gasteiger partial charge on any atom is -0.462 e. The number of hydrogen-bond acceptors (Lipinski definition) is 8. The van der Waals surface area contributed by atoms with Crippen molar-refractivity contribution in [3.8, 4) is 0 Å². The van der Waals surface area contributed by atoms with Crippen molar-refractivity contribution in [2.24, 2.45) is 5.73 Å². The summed E-state index contributed by atoms with van der Waals surface area (Å²) < 4.78 is 32.9. The highest BCUT2D eigenvalue weighted by atomic mass is 31.2. The summed E-state index contributed by atoms with van der Waals surface area (Å²) in [5, 5.41) is 0. The van der Waals surface area contributed by atoms with E-state index in [0.717, 1.165) is 122 Å². The van der Waals surface area contributed by atoms with E-state index in [-0.39, 0.29) is 32.6 Å². The zero-order chi connectivity index (χ0) is 54.5. The summed E-state index contributed by atoms with van der Waals surface area (Å²) in [6.07, 6.45) is 84.8. The molecule has 0 spiro atoms. The van der Waals surface area contributed by atoms with Crippen molar-refractivity contribution >= 4 is 19.8 Å². The first-order valence-corrected chi connectivity index (χ1v) is 30.8. The fraction of sp³-hybridized carbons (Fsp3) is 0.600. The number of unbranched alkanes of at least 4 members (excludes halogenated alkanes) is 16. The second kappa shape index (κ2) is 59.1. The fourth-order valence-corrected chi connectivity index (χ4v) is 8.20. The highest BCUT2D eigenvalue weighted by molar-refractivity contribution is 7.47. The lowest BCUT2D eigenvalue weighted by molar-refractivity contribution is -0.161. The summed E-state index contributed by atoms with van der Waals surface area (Å²) in [5.41, 5.74) is 5.37. The van der Waals surface area contributed by atoms with Crippen molar-refractivity contribution in [3.63, 3.8) is 0 Å². The van der Waals surface area contributed by atoms with Crippen LogP contribution in [0.1, 0.15) is 219 Å². The van der Waals surface area contributed by atoms with Crippen LogP contribution < -0.4 is 5.73 Å². The molecule has 0 heterocycles. The standard InChI is InChI=1S/C65H106NO8P/c1-3-5-7-9-11-13-15-17-18-19-20-21-22-23-24-25-26-27-28-29-30-31-32-33-34-35-36-37-38-39-40-41-42-43-44-46-48-50-52-54-56-58-65(68)74-63(62-73-75(69,70)72-60-59-66)61-71-64(67)57-55-53-51-49-47-45-16-14-12-10-8-6-4-2/h5,7,11,13,17-18,20-21,23-24,26-27,29-30,32-33,35-36,38-39,41-42,44,46,63H,3-4,6,8-10,12,14-16,19,22,25,28,31,34,37,40,43,45,47-62,66H2,1-2H3,(H,69,70)/b7-5-,13-11-,18-17-,21-20-,24-23-,27-26-,30-29-,33-32-,36-35-,39-38-,42-41-,46-44-. The van der Waals surface area contributed by atoms with Crippen LogP contribution in [0.15, 0.2) is 146 Å². The molecule has 0 fully saturated rings. The highest BCUT2D eigenvalue weighted by Gasteiger charge is 2.26. The Bertz CT molecular complexity index is 1730. The van der Waals surface area contributed by atoms with Crippen LogP contribution in [0.2, 0.25) is 0 Å². The van der Waals surface area contributed by atoms with Gasteiger partial charge in [-0.05, 0) is 103 Å². The third-order valence-electron chi connectivity index (χ3n) is 11.7. The normalized spacial score (nSPS) is 14.1. The van der Waals surface area contributed by atoms with Gasteiger partial charge in [0.05, 0.1) is 13.2 Å². The smallest absolute Gasteiger partial charge is 0.462 e. The summed E-state index contributed by atoms with van der Waals surface area (Å²) in [6.45, 7) is 3.58. The molecule has 0 aromatic carbocycles. The number of hydrogen-bond donors (Lipinski definition) is 2. The maximum atomic E-state index is 12.7. The first-order chi connectivity index (χ1) is 36.8. The maximum absolute atomic E-state index is 12.7. The quantitative estimate of drug-likeness (QED) is 0.0264. The Balaban J connectivity index is 4.04. The minimum atomic E-state index is -4.40. The van der Waals surface area contributed by atoms with E-state index < -0.39 is 32.5 Å². The van der Waals surface area contributed by atoms with Crippen LogP contribution in [0.25, 0.3) is 0 Å². The maximum Gasteiger partial charge on any atom is 0.472 e. The van der Waals surface area contributed by atoms with Crippen molar-refractivity contribution in [2.75, 3.05) is 26.4 Å².